The van der Waals surface area contributed by atoms with Gasteiger partial charge in [0.15, 0.2) is 0 Å². The van der Waals surface area contributed by atoms with E-state index in [-0.39, 0.29) is 0 Å². The Morgan fingerprint density at radius 2 is 2.40 bits per heavy atom. The molecule has 2 nitrogen and oxygen atoms in total. The first-order chi connectivity index (χ1) is 7.25. The first kappa shape index (κ1) is 11.2. The largest absolute Gasteiger partial charge is 0.312 e. The van der Waals surface area contributed by atoms with Crippen molar-refractivity contribution < 1.29 is 0 Å². The second kappa shape index (κ2) is 5.13. The molecular weight excluding hydrogens is 184 g/mol. The first-order valence-electron chi connectivity index (χ1n) is 6.37. The zero-order valence-electron chi connectivity index (χ0n) is 10.1. The molecule has 15 heavy (non-hydrogen) atoms. The van der Waals surface area contributed by atoms with Crippen LogP contribution in [0.3, 0.4) is 0 Å². The van der Waals surface area contributed by atoms with Crippen LogP contribution in [-0.4, -0.2) is 37.1 Å². The van der Waals surface area contributed by atoms with Gasteiger partial charge in [0.1, 0.15) is 0 Å². The summed E-state index contributed by atoms with van der Waals surface area (Å²) in [5.74, 6) is 0. The molecule has 0 aromatic heterocycles. The minimum absolute atomic E-state index is 0.729. The van der Waals surface area contributed by atoms with Crippen molar-refractivity contribution in [1.82, 2.24) is 10.2 Å². The Morgan fingerprint density at radius 1 is 1.53 bits per heavy atom. The second-order valence-electron chi connectivity index (χ2n) is 5.18. The van der Waals surface area contributed by atoms with E-state index in [9.17, 15) is 0 Å². The summed E-state index contributed by atoms with van der Waals surface area (Å²) in [6.45, 7) is 4.72. The summed E-state index contributed by atoms with van der Waals surface area (Å²) >= 11 is 0. The van der Waals surface area contributed by atoms with Crippen molar-refractivity contribution in [1.29, 1.82) is 0 Å². The molecule has 2 rings (SSSR count). The van der Waals surface area contributed by atoms with E-state index >= 15 is 0 Å². The van der Waals surface area contributed by atoms with Gasteiger partial charge in [-0.05, 0) is 52.6 Å². The Balaban J connectivity index is 1.62. The number of hydrogen-bond acceptors (Lipinski definition) is 2. The molecule has 2 unspecified atom stereocenters. The molecular formula is C13H24N2. The van der Waals surface area contributed by atoms with Crippen molar-refractivity contribution in [3.63, 3.8) is 0 Å². The molecule has 1 aliphatic heterocycles. The first-order valence-corrected chi connectivity index (χ1v) is 6.37. The van der Waals surface area contributed by atoms with Gasteiger partial charge in [0.2, 0.25) is 0 Å². The molecule has 2 aliphatic rings. The predicted molar refractivity (Wildman–Crippen MR) is 65.1 cm³/mol. The quantitative estimate of drug-likeness (QED) is 0.712. The van der Waals surface area contributed by atoms with E-state index in [0.717, 1.165) is 12.1 Å². The van der Waals surface area contributed by atoms with Crippen LogP contribution in [0.15, 0.2) is 11.6 Å². The maximum absolute atomic E-state index is 3.69. The van der Waals surface area contributed by atoms with Gasteiger partial charge >= 0.3 is 0 Å². The monoisotopic (exact) mass is 208 g/mol. The van der Waals surface area contributed by atoms with Gasteiger partial charge in [-0.2, -0.15) is 0 Å². The molecule has 2 atom stereocenters. The Hall–Kier alpha value is -0.340. The average molecular weight is 208 g/mol. The van der Waals surface area contributed by atoms with E-state index in [1.165, 1.54) is 45.2 Å². The second-order valence-corrected chi connectivity index (χ2v) is 5.18. The Bertz CT molecular complexity index is 225. The number of nitrogens with one attached hydrogen (secondary N) is 1. The lowest BCUT2D eigenvalue weighted by molar-refractivity contribution is 0.327. The van der Waals surface area contributed by atoms with Gasteiger partial charge in [-0.25, -0.2) is 0 Å². The molecule has 0 radical (unpaired) electrons. The van der Waals surface area contributed by atoms with Crippen molar-refractivity contribution in [3.05, 3.63) is 11.6 Å². The molecule has 1 saturated heterocycles. The van der Waals surface area contributed by atoms with Gasteiger partial charge in [-0.3, -0.25) is 0 Å². The number of allylic oxidation sites excluding steroid dienone is 1. The standard InChI is InChI=1S/C13H24N2/c1-11-9-13(10-15(11)2)14-8-7-12-5-3-4-6-12/h5,11,13-14H,3-4,6-10H2,1-2H3. The van der Waals surface area contributed by atoms with Crippen molar-refractivity contribution >= 4 is 0 Å². The summed E-state index contributed by atoms with van der Waals surface area (Å²) in [5.41, 5.74) is 1.68. The van der Waals surface area contributed by atoms with Crippen LogP contribution in [0, 0.1) is 0 Å². The lowest BCUT2D eigenvalue weighted by Crippen LogP contribution is -2.32. The topological polar surface area (TPSA) is 15.3 Å². The van der Waals surface area contributed by atoms with Crippen LogP contribution in [0.4, 0.5) is 0 Å². The van der Waals surface area contributed by atoms with E-state index in [1.54, 1.807) is 5.57 Å². The number of hydrogen-bond donors (Lipinski definition) is 1. The van der Waals surface area contributed by atoms with Gasteiger partial charge in [0, 0.05) is 18.6 Å². The molecule has 0 aromatic rings. The van der Waals surface area contributed by atoms with E-state index < -0.39 is 0 Å². The average Bonchev–Trinajstić information content (AvgIpc) is 2.79. The molecule has 86 valence electrons. The number of nitrogens with zero attached hydrogens (tertiary/aromatic N) is 1. The molecule has 1 fully saturated rings. The van der Waals surface area contributed by atoms with Crippen LogP contribution < -0.4 is 5.32 Å². The van der Waals surface area contributed by atoms with Crippen molar-refractivity contribution in [3.8, 4) is 0 Å². The Labute approximate surface area is 93.7 Å². The third kappa shape index (κ3) is 3.05. The Kier molecular flexibility index (Phi) is 3.81. The van der Waals surface area contributed by atoms with Crippen LogP contribution in [0.1, 0.15) is 39.0 Å². The highest BCUT2D eigenvalue weighted by molar-refractivity contribution is 5.07. The number of likely N-dealkylation sites (tertiary alicyclic amines) is 1. The minimum Gasteiger partial charge on any atom is -0.312 e. The van der Waals surface area contributed by atoms with Crippen LogP contribution in [0.25, 0.3) is 0 Å². The highest BCUT2D eigenvalue weighted by atomic mass is 15.2. The van der Waals surface area contributed by atoms with Crippen molar-refractivity contribution in [2.24, 2.45) is 0 Å². The molecule has 2 heteroatoms. The minimum atomic E-state index is 0.729. The van der Waals surface area contributed by atoms with Crippen LogP contribution in [0.5, 0.6) is 0 Å². The van der Waals surface area contributed by atoms with Crippen molar-refractivity contribution in [2.45, 2.75) is 51.1 Å². The van der Waals surface area contributed by atoms with Gasteiger partial charge in [-0.15, -0.1) is 0 Å². The highest BCUT2D eigenvalue weighted by Gasteiger charge is 2.25. The summed E-state index contributed by atoms with van der Waals surface area (Å²) in [6, 6.07) is 1.49. The SMILES string of the molecule is CC1CC(NCCC2=CCCC2)CN1C. The van der Waals surface area contributed by atoms with Crippen LogP contribution in [0.2, 0.25) is 0 Å². The summed E-state index contributed by atoms with van der Waals surface area (Å²) in [5, 5.41) is 3.69. The summed E-state index contributed by atoms with van der Waals surface area (Å²) in [6.07, 6.45) is 9.08. The fourth-order valence-corrected chi connectivity index (χ4v) is 2.74. The Morgan fingerprint density at radius 3 is 3.00 bits per heavy atom. The molecule has 1 N–H and O–H groups in total. The fraction of sp³-hybridized carbons (Fsp3) is 0.846. The zero-order chi connectivity index (χ0) is 10.7. The fourth-order valence-electron chi connectivity index (χ4n) is 2.74. The molecule has 0 amide bonds. The lowest BCUT2D eigenvalue weighted by Gasteiger charge is -2.13. The van der Waals surface area contributed by atoms with Gasteiger partial charge < -0.3 is 10.2 Å². The third-order valence-corrected chi connectivity index (χ3v) is 3.90. The molecule has 0 bridgehead atoms. The molecule has 0 saturated carbocycles. The molecule has 1 aliphatic carbocycles. The zero-order valence-corrected chi connectivity index (χ0v) is 10.1. The number of rotatable bonds is 4. The number of likely N-dealkylation sites (N-methyl/N-ethyl adjacent to an activating group) is 1. The smallest absolute Gasteiger partial charge is 0.0209 e. The summed E-state index contributed by atoms with van der Waals surface area (Å²) in [4.78, 5) is 2.45. The normalized spacial score (nSPS) is 32.3. The van der Waals surface area contributed by atoms with E-state index in [4.69, 9.17) is 0 Å². The van der Waals surface area contributed by atoms with Crippen LogP contribution >= 0.6 is 0 Å². The molecule has 1 heterocycles. The van der Waals surface area contributed by atoms with Crippen LogP contribution in [-0.2, 0) is 0 Å². The predicted octanol–water partition coefficient (Wildman–Crippen LogP) is 2.17. The lowest BCUT2D eigenvalue weighted by atomic mass is 10.1. The van der Waals surface area contributed by atoms with E-state index in [1.807, 2.05) is 0 Å². The van der Waals surface area contributed by atoms with Gasteiger partial charge in [0.25, 0.3) is 0 Å². The highest BCUT2D eigenvalue weighted by Crippen LogP contribution is 2.20. The summed E-state index contributed by atoms with van der Waals surface area (Å²) < 4.78 is 0. The van der Waals surface area contributed by atoms with Crippen molar-refractivity contribution in [2.75, 3.05) is 20.1 Å². The van der Waals surface area contributed by atoms with E-state index in [0.29, 0.717) is 0 Å². The third-order valence-electron chi connectivity index (χ3n) is 3.90. The molecule has 0 aromatic carbocycles. The summed E-state index contributed by atoms with van der Waals surface area (Å²) in [7, 11) is 2.23. The molecule has 0 spiro atoms. The maximum Gasteiger partial charge on any atom is 0.0209 e. The maximum atomic E-state index is 3.69. The van der Waals surface area contributed by atoms with E-state index in [2.05, 4.69) is 30.3 Å². The van der Waals surface area contributed by atoms with Gasteiger partial charge in [-0.1, -0.05) is 11.6 Å². The van der Waals surface area contributed by atoms with Gasteiger partial charge in [0.05, 0.1) is 0 Å².